The molecule has 0 bridgehead atoms. The summed E-state index contributed by atoms with van der Waals surface area (Å²) in [7, 11) is 5.95. The summed E-state index contributed by atoms with van der Waals surface area (Å²) in [4.78, 5) is 57.0. The number of nitrogens with one attached hydrogen (secondary N) is 5. The summed E-state index contributed by atoms with van der Waals surface area (Å²) < 4.78 is 21.9. The molecule has 0 aliphatic carbocycles. The highest BCUT2D eigenvalue weighted by molar-refractivity contribution is 5.93. The molecule has 0 heterocycles. The topological polar surface area (TPSA) is 206 Å². The molecule has 15 nitrogen and oxygen atoms in total. The average molecular weight is 920 g/mol. The molecule has 5 aromatic rings. The van der Waals surface area contributed by atoms with Crippen molar-refractivity contribution in [3.05, 3.63) is 125 Å². The molecule has 15 heteroatoms. The fourth-order valence-electron chi connectivity index (χ4n) is 7.84. The zero-order valence-corrected chi connectivity index (χ0v) is 39.8. The van der Waals surface area contributed by atoms with E-state index in [2.05, 4.69) is 26.6 Å². The number of carbonyl (C=O) groups excluding carboxylic acids is 4. The number of benzene rings is 5. The largest absolute Gasteiger partial charge is 0.507 e. The number of phenols is 1. The highest BCUT2D eigenvalue weighted by Gasteiger charge is 2.40. The molecule has 0 saturated carbocycles. The van der Waals surface area contributed by atoms with Gasteiger partial charge in [0, 0.05) is 36.3 Å². The molecule has 5 rings (SSSR count). The third kappa shape index (κ3) is 13.6. The second-order valence-electron chi connectivity index (χ2n) is 17.8. The van der Waals surface area contributed by atoms with Gasteiger partial charge in [0.15, 0.2) is 11.5 Å². The Kier molecular flexibility index (Phi) is 18.0. The van der Waals surface area contributed by atoms with Crippen molar-refractivity contribution >= 4 is 34.4 Å². The Labute approximate surface area is 392 Å². The van der Waals surface area contributed by atoms with Crippen molar-refractivity contribution in [2.75, 3.05) is 28.4 Å². The Morgan fingerprint density at radius 1 is 0.627 bits per heavy atom. The van der Waals surface area contributed by atoms with Gasteiger partial charge in [0.05, 0.1) is 47.0 Å². The first-order chi connectivity index (χ1) is 32.0. The van der Waals surface area contributed by atoms with E-state index in [1.54, 1.807) is 38.1 Å². The van der Waals surface area contributed by atoms with Crippen LogP contribution in [0.3, 0.4) is 0 Å². The van der Waals surface area contributed by atoms with Gasteiger partial charge in [-0.1, -0.05) is 107 Å². The molecule has 0 saturated heterocycles. The van der Waals surface area contributed by atoms with E-state index >= 15 is 0 Å². The predicted octanol–water partition coefficient (Wildman–Crippen LogP) is 5.36. The number of methoxy groups -OCH3 is 4. The zero-order chi connectivity index (χ0) is 48.8. The molecule has 0 aliphatic heterocycles. The van der Waals surface area contributed by atoms with Crippen LogP contribution in [0.5, 0.6) is 28.7 Å². The van der Waals surface area contributed by atoms with Gasteiger partial charge >= 0.3 is 0 Å². The summed E-state index contributed by atoms with van der Waals surface area (Å²) in [6, 6.07) is 26.0. The number of amides is 4. The van der Waals surface area contributed by atoms with Crippen molar-refractivity contribution in [1.29, 1.82) is 0 Å². The average Bonchev–Trinajstić information content (AvgIpc) is 3.31. The van der Waals surface area contributed by atoms with Crippen molar-refractivity contribution < 1.29 is 48.3 Å². The number of carbonyl (C=O) groups is 4. The molecule has 0 aliphatic rings. The van der Waals surface area contributed by atoms with Crippen LogP contribution in [0.1, 0.15) is 56.9 Å². The van der Waals surface area contributed by atoms with E-state index < -0.39 is 59.3 Å². The smallest absolute Gasteiger partial charge is 0.243 e. The lowest BCUT2D eigenvalue weighted by Gasteiger charge is -2.35. The number of ether oxygens (including phenoxy) is 4. The molecule has 358 valence electrons. The van der Waals surface area contributed by atoms with Crippen LogP contribution in [0.4, 0.5) is 0 Å². The number of phenolic OH excluding ortho intramolecular Hbond substituents is 1. The number of rotatable bonds is 22. The summed E-state index contributed by atoms with van der Waals surface area (Å²) in [5, 5.41) is 39.9. The van der Waals surface area contributed by atoms with Gasteiger partial charge in [-0.3, -0.25) is 24.5 Å². The summed E-state index contributed by atoms with van der Waals surface area (Å²) >= 11 is 0. The number of fused-ring (bicyclic) bond motifs is 1. The quantitative estimate of drug-likeness (QED) is 0.0471. The van der Waals surface area contributed by atoms with Crippen LogP contribution in [0.15, 0.2) is 103 Å². The van der Waals surface area contributed by atoms with Crippen molar-refractivity contribution in [2.24, 2.45) is 11.3 Å². The third-order valence-electron chi connectivity index (χ3n) is 11.6. The molecule has 67 heavy (non-hydrogen) atoms. The van der Waals surface area contributed by atoms with E-state index in [9.17, 15) is 29.4 Å². The third-order valence-corrected chi connectivity index (χ3v) is 11.6. The minimum atomic E-state index is -1.63. The summed E-state index contributed by atoms with van der Waals surface area (Å²) in [6.07, 6.45) is -1.52. The van der Waals surface area contributed by atoms with Crippen LogP contribution >= 0.6 is 0 Å². The minimum Gasteiger partial charge on any atom is -0.507 e. The minimum absolute atomic E-state index is 0.0227. The number of aliphatic hydroxyl groups excluding tert-OH is 1. The summed E-state index contributed by atoms with van der Waals surface area (Å²) in [5.41, 5.74) is 1.74. The highest BCUT2D eigenvalue weighted by atomic mass is 16.5. The number of hydrogen-bond acceptors (Lipinski definition) is 11. The van der Waals surface area contributed by atoms with Gasteiger partial charge in [0.1, 0.15) is 35.4 Å². The summed E-state index contributed by atoms with van der Waals surface area (Å²) in [6.45, 7) is 8.94. The van der Waals surface area contributed by atoms with E-state index in [4.69, 9.17) is 18.9 Å². The van der Waals surface area contributed by atoms with Crippen LogP contribution in [0.25, 0.3) is 10.8 Å². The fourth-order valence-corrected chi connectivity index (χ4v) is 7.84. The normalized spacial score (nSPS) is 13.7. The SMILES string of the molecule is COc1ccc(CNC(=O)[C@@H](NC(=O)[C@H](NCc2cc(OC)c(OC)cc2OC)[C@@H](O)[C@H](Cc2ccccc2)NC(=O)[C@@H](NC(=O)Cc2cccc3ccccc23)C(C)(C)C)C(C)C)c(O)c1. The second kappa shape index (κ2) is 23.6. The predicted molar refractivity (Wildman–Crippen MR) is 257 cm³/mol. The molecule has 0 fully saturated rings. The number of aromatic hydroxyl groups is 1. The first-order valence-electron chi connectivity index (χ1n) is 22.2. The van der Waals surface area contributed by atoms with E-state index in [0.717, 1.165) is 21.9 Å². The van der Waals surface area contributed by atoms with Crippen molar-refractivity contribution in [1.82, 2.24) is 26.6 Å². The van der Waals surface area contributed by atoms with Crippen molar-refractivity contribution in [2.45, 2.75) is 90.8 Å². The van der Waals surface area contributed by atoms with E-state index in [1.807, 2.05) is 93.6 Å². The standard InChI is InChI=1S/C52H65N5O10/c1-31(2)45(49(61)54-29-35-22-23-37(64-6)27-40(35)58)57-50(62)46(53-30-36-25-42(66-8)43(67-9)28-41(36)65-7)47(60)39(24-32-16-11-10-12-17-32)55-51(63)48(52(3,4)5)56-44(59)26-34-20-15-19-33-18-13-14-21-38(33)34/h10-23,25,27-28,31,39,45-48,53,58,60H,24,26,29-30H2,1-9H3,(H,54,61)(H,55,63)(H,56,59)(H,57,62)/t39-,45-,46+,47-,48+/m0/s1. The van der Waals surface area contributed by atoms with Gasteiger partial charge in [-0.05, 0) is 57.9 Å². The Morgan fingerprint density at radius 2 is 1.28 bits per heavy atom. The molecule has 0 spiro atoms. The van der Waals surface area contributed by atoms with E-state index in [-0.39, 0.29) is 37.6 Å². The number of aliphatic hydroxyl groups is 1. The second-order valence-corrected chi connectivity index (χ2v) is 17.8. The monoisotopic (exact) mass is 919 g/mol. The van der Waals surface area contributed by atoms with E-state index in [0.29, 0.717) is 34.1 Å². The van der Waals surface area contributed by atoms with Gasteiger partial charge in [-0.2, -0.15) is 0 Å². The molecule has 5 aromatic carbocycles. The molecule has 0 radical (unpaired) electrons. The van der Waals surface area contributed by atoms with Crippen LogP contribution in [0, 0.1) is 11.3 Å². The van der Waals surface area contributed by atoms with Crippen LogP contribution in [0.2, 0.25) is 0 Å². The fraction of sp³-hybridized carbons (Fsp3) is 0.385. The Bertz CT molecular complexity index is 2470. The van der Waals surface area contributed by atoms with Gasteiger partial charge in [0.25, 0.3) is 0 Å². The zero-order valence-electron chi connectivity index (χ0n) is 39.8. The van der Waals surface area contributed by atoms with Gasteiger partial charge < -0.3 is 50.4 Å². The lowest BCUT2D eigenvalue weighted by molar-refractivity contribution is -0.135. The summed E-state index contributed by atoms with van der Waals surface area (Å²) in [5.74, 6) is -1.06. The van der Waals surface area contributed by atoms with Crippen molar-refractivity contribution in [3.63, 3.8) is 0 Å². The van der Waals surface area contributed by atoms with Crippen LogP contribution in [-0.2, 0) is 45.1 Å². The number of hydrogen-bond donors (Lipinski definition) is 7. The molecule has 7 N–H and O–H groups in total. The van der Waals surface area contributed by atoms with Gasteiger partial charge in [-0.15, -0.1) is 0 Å². The van der Waals surface area contributed by atoms with Gasteiger partial charge in [-0.25, -0.2) is 0 Å². The molecule has 4 amide bonds. The molecule has 5 atom stereocenters. The lowest BCUT2D eigenvalue weighted by Crippen LogP contribution is -2.64. The Morgan fingerprint density at radius 3 is 1.93 bits per heavy atom. The van der Waals surface area contributed by atoms with E-state index in [1.165, 1.54) is 34.5 Å². The highest BCUT2D eigenvalue weighted by Crippen LogP contribution is 2.35. The first kappa shape index (κ1) is 51.1. The maximum absolute atomic E-state index is 14.7. The molecule has 0 aromatic heterocycles. The first-order valence-corrected chi connectivity index (χ1v) is 22.2. The molecular weight excluding hydrogens is 855 g/mol. The Balaban J connectivity index is 1.47. The maximum Gasteiger partial charge on any atom is 0.243 e. The molecule has 0 unspecified atom stereocenters. The lowest BCUT2D eigenvalue weighted by atomic mass is 9.85. The van der Waals surface area contributed by atoms with Gasteiger partial charge in [0.2, 0.25) is 23.6 Å². The Hall–Kier alpha value is -6.84. The van der Waals surface area contributed by atoms with Crippen LogP contribution < -0.4 is 45.5 Å². The van der Waals surface area contributed by atoms with Crippen LogP contribution in [-0.4, -0.2) is 92.6 Å². The molecular formula is C52H65N5O10. The maximum atomic E-state index is 14.7. The van der Waals surface area contributed by atoms with Crippen molar-refractivity contribution in [3.8, 4) is 28.7 Å².